The van der Waals surface area contributed by atoms with Gasteiger partial charge in [0.05, 0.1) is 5.69 Å². The van der Waals surface area contributed by atoms with E-state index in [1.807, 2.05) is 19.9 Å². The van der Waals surface area contributed by atoms with Gasteiger partial charge in [0.2, 0.25) is 0 Å². The summed E-state index contributed by atoms with van der Waals surface area (Å²) >= 11 is 0. The van der Waals surface area contributed by atoms with Gasteiger partial charge in [-0.25, -0.2) is 4.79 Å². The molecule has 0 saturated carbocycles. The quantitative estimate of drug-likeness (QED) is 0.864. The molecule has 0 fully saturated rings. The summed E-state index contributed by atoms with van der Waals surface area (Å²) < 4.78 is 3.14. The lowest BCUT2D eigenvalue weighted by Gasteiger charge is -2.12. The van der Waals surface area contributed by atoms with Crippen LogP contribution < -0.4 is 11.4 Å². The monoisotopic (exact) mass is 289 g/mol. The molecule has 21 heavy (non-hydrogen) atoms. The molecular formula is C15H19N3O3. The maximum Gasteiger partial charge on any atom is 0.332 e. The van der Waals surface area contributed by atoms with E-state index in [2.05, 4.69) is 0 Å². The summed E-state index contributed by atoms with van der Waals surface area (Å²) in [6.07, 6.45) is 3.58. The van der Waals surface area contributed by atoms with Gasteiger partial charge in [-0.2, -0.15) is 0 Å². The molecule has 3 N–H and O–H groups in total. The van der Waals surface area contributed by atoms with Crippen LogP contribution in [-0.4, -0.2) is 26.3 Å². The highest BCUT2D eigenvalue weighted by molar-refractivity contribution is 5.73. The molecular weight excluding hydrogens is 270 g/mol. The van der Waals surface area contributed by atoms with Crippen LogP contribution in [0.15, 0.2) is 41.5 Å². The highest BCUT2D eigenvalue weighted by Crippen LogP contribution is 2.15. The van der Waals surface area contributed by atoms with Crippen molar-refractivity contribution in [2.45, 2.75) is 32.4 Å². The summed E-state index contributed by atoms with van der Waals surface area (Å²) in [5, 5.41) is 8.94. The fourth-order valence-corrected chi connectivity index (χ4v) is 2.21. The van der Waals surface area contributed by atoms with Crippen LogP contribution in [0.5, 0.6) is 0 Å². The smallest absolute Gasteiger partial charge is 0.332 e. The largest absolute Gasteiger partial charge is 0.480 e. The second-order valence-corrected chi connectivity index (χ2v) is 5.23. The van der Waals surface area contributed by atoms with Gasteiger partial charge in [0.15, 0.2) is 0 Å². The second-order valence-electron chi connectivity index (χ2n) is 5.23. The first kappa shape index (κ1) is 15.1. The van der Waals surface area contributed by atoms with E-state index in [0.717, 1.165) is 5.56 Å². The molecule has 112 valence electrons. The van der Waals surface area contributed by atoms with Crippen LogP contribution in [-0.2, 0) is 11.2 Å². The van der Waals surface area contributed by atoms with Crippen LogP contribution in [0.4, 0.5) is 0 Å². The molecule has 0 amide bonds. The number of nitrogens with zero attached hydrogens (tertiary/aromatic N) is 2. The molecule has 1 unspecified atom stereocenters. The molecule has 0 spiro atoms. The van der Waals surface area contributed by atoms with E-state index in [4.69, 9.17) is 10.8 Å². The Morgan fingerprint density at radius 1 is 1.29 bits per heavy atom. The molecule has 1 aromatic carbocycles. The maximum absolute atomic E-state index is 12.4. The standard InChI is InChI=1S/C15H19N3O3/c1-10(2)17-7-8-18(15(17)21)13-6-4-3-5-11(13)9-12(16)14(19)20/h3-8,10,12H,9,16H2,1-2H3,(H,19,20). The number of nitrogens with two attached hydrogens (primary N) is 1. The van der Waals surface area contributed by atoms with Crippen LogP contribution in [0.25, 0.3) is 5.69 Å². The Kier molecular flexibility index (Phi) is 4.28. The summed E-state index contributed by atoms with van der Waals surface area (Å²) in [6.45, 7) is 3.86. The number of aliphatic carboxylic acids is 1. The number of para-hydroxylation sites is 1. The van der Waals surface area contributed by atoms with E-state index in [1.165, 1.54) is 4.57 Å². The molecule has 1 heterocycles. The SMILES string of the molecule is CC(C)n1ccn(-c2ccccc2CC(N)C(=O)O)c1=O. The van der Waals surface area contributed by atoms with Crippen LogP contribution in [0.3, 0.4) is 0 Å². The first-order valence-corrected chi connectivity index (χ1v) is 6.78. The highest BCUT2D eigenvalue weighted by Gasteiger charge is 2.16. The molecule has 2 aromatic rings. The number of aromatic nitrogens is 2. The molecule has 0 saturated heterocycles. The fourth-order valence-electron chi connectivity index (χ4n) is 2.21. The molecule has 0 aliphatic rings. The Bertz CT molecular complexity index is 700. The normalized spacial score (nSPS) is 12.6. The van der Waals surface area contributed by atoms with Gasteiger partial charge in [-0.3, -0.25) is 13.9 Å². The van der Waals surface area contributed by atoms with E-state index in [-0.39, 0.29) is 18.2 Å². The zero-order chi connectivity index (χ0) is 15.6. The summed E-state index contributed by atoms with van der Waals surface area (Å²) in [5.41, 5.74) is 6.84. The average molecular weight is 289 g/mol. The Morgan fingerprint density at radius 3 is 2.52 bits per heavy atom. The zero-order valence-electron chi connectivity index (χ0n) is 12.1. The Labute approximate surface area is 122 Å². The van der Waals surface area contributed by atoms with Gasteiger partial charge >= 0.3 is 11.7 Å². The van der Waals surface area contributed by atoms with Gasteiger partial charge in [-0.05, 0) is 25.5 Å². The van der Waals surface area contributed by atoms with E-state index in [9.17, 15) is 9.59 Å². The number of hydrogen-bond acceptors (Lipinski definition) is 3. The Hall–Kier alpha value is -2.34. The Balaban J connectivity index is 2.46. The first-order valence-electron chi connectivity index (χ1n) is 6.78. The van der Waals surface area contributed by atoms with Crippen LogP contribution in [0, 0.1) is 0 Å². The topological polar surface area (TPSA) is 90.2 Å². The van der Waals surface area contributed by atoms with Crippen molar-refractivity contribution in [3.63, 3.8) is 0 Å². The minimum Gasteiger partial charge on any atom is -0.480 e. The van der Waals surface area contributed by atoms with Crippen molar-refractivity contribution < 1.29 is 9.90 Å². The minimum absolute atomic E-state index is 0.0622. The number of carboxylic acid groups (broad SMARTS) is 1. The third-order valence-electron chi connectivity index (χ3n) is 3.37. The van der Waals surface area contributed by atoms with Gasteiger partial charge < -0.3 is 10.8 Å². The molecule has 0 radical (unpaired) electrons. The van der Waals surface area contributed by atoms with E-state index >= 15 is 0 Å². The molecule has 1 atom stereocenters. The lowest BCUT2D eigenvalue weighted by Crippen LogP contribution is -2.33. The second kappa shape index (κ2) is 5.97. The fraction of sp³-hybridized carbons (Fsp3) is 0.333. The van der Waals surface area contributed by atoms with Gasteiger partial charge in [0, 0.05) is 24.9 Å². The highest BCUT2D eigenvalue weighted by atomic mass is 16.4. The van der Waals surface area contributed by atoms with Crippen molar-refractivity contribution in [3.8, 4) is 5.69 Å². The van der Waals surface area contributed by atoms with Crippen molar-refractivity contribution in [2.75, 3.05) is 0 Å². The van der Waals surface area contributed by atoms with Gasteiger partial charge in [-0.15, -0.1) is 0 Å². The molecule has 6 nitrogen and oxygen atoms in total. The number of rotatable bonds is 5. The van der Waals surface area contributed by atoms with Crippen LogP contribution in [0.2, 0.25) is 0 Å². The minimum atomic E-state index is -1.06. The van der Waals surface area contributed by atoms with Crippen molar-refractivity contribution in [1.29, 1.82) is 0 Å². The third-order valence-corrected chi connectivity index (χ3v) is 3.37. The van der Waals surface area contributed by atoms with Crippen molar-refractivity contribution in [3.05, 3.63) is 52.7 Å². The molecule has 0 aliphatic heterocycles. The van der Waals surface area contributed by atoms with E-state index < -0.39 is 12.0 Å². The lowest BCUT2D eigenvalue weighted by molar-refractivity contribution is -0.138. The maximum atomic E-state index is 12.4. The number of hydrogen-bond donors (Lipinski definition) is 2. The van der Waals surface area contributed by atoms with Gasteiger partial charge in [-0.1, -0.05) is 18.2 Å². The predicted molar refractivity (Wildman–Crippen MR) is 79.7 cm³/mol. The van der Waals surface area contributed by atoms with Crippen LogP contribution in [0.1, 0.15) is 25.5 Å². The predicted octanol–water partition coefficient (Wildman–Crippen LogP) is 1.17. The number of benzene rings is 1. The molecule has 0 aliphatic carbocycles. The Morgan fingerprint density at radius 2 is 1.95 bits per heavy atom. The van der Waals surface area contributed by atoms with E-state index in [1.54, 1.807) is 35.2 Å². The lowest BCUT2D eigenvalue weighted by atomic mass is 10.0. The molecule has 2 rings (SSSR count). The van der Waals surface area contributed by atoms with Gasteiger partial charge in [0.1, 0.15) is 6.04 Å². The van der Waals surface area contributed by atoms with Crippen molar-refractivity contribution in [2.24, 2.45) is 5.73 Å². The summed E-state index contributed by atoms with van der Waals surface area (Å²) in [7, 11) is 0. The molecule has 6 heteroatoms. The summed E-state index contributed by atoms with van der Waals surface area (Å²) in [4.78, 5) is 23.3. The third kappa shape index (κ3) is 3.05. The van der Waals surface area contributed by atoms with Crippen LogP contribution >= 0.6 is 0 Å². The average Bonchev–Trinajstić information content (AvgIpc) is 2.81. The number of carboxylic acids is 1. The number of carbonyl (C=O) groups is 1. The molecule has 1 aromatic heterocycles. The summed E-state index contributed by atoms with van der Waals surface area (Å²) in [6, 6.07) is 6.26. The number of imidazole rings is 1. The van der Waals surface area contributed by atoms with Gasteiger partial charge in [0.25, 0.3) is 0 Å². The van der Waals surface area contributed by atoms with Crippen molar-refractivity contribution >= 4 is 5.97 Å². The molecule has 0 bridgehead atoms. The van der Waals surface area contributed by atoms with E-state index in [0.29, 0.717) is 5.69 Å². The van der Waals surface area contributed by atoms with Crippen molar-refractivity contribution in [1.82, 2.24) is 9.13 Å². The first-order chi connectivity index (χ1) is 9.91. The zero-order valence-corrected chi connectivity index (χ0v) is 12.1. The summed E-state index contributed by atoms with van der Waals surface area (Å²) in [5.74, 6) is -1.06.